The van der Waals surface area contributed by atoms with Crippen molar-refractivity contribution in [3.63, 3.8) is 0 Å². The Morgan fingerprint density at radius 3 is 2.72 bits per heavy atom. The molecule has 0 aliphatic carbocycles. The van der Waals surface area contributed by atoms with Crippen LogP contribution in [0.3, 0.4) is 0 Å². The van der Waals surface area contributed by atoms with Crippen LogP contribution in [0.2, 0.25) is 5.02 Å². The average Bonchev–Trinajstić information content (AvgIpc) is 2.62. The van der Waals surface area contributed by atoms with Crippen LogP contribution in [0.4, 0.5) is 5.69 Å². The third-order valence-corrected chi connectivity index (χ3v) is 4.09. The number of carboxylic acids is 1. The Kier molecular flexibility index (Phi) is 5.41. The van der Waals surface area contributed by atoms with Crippen LogP contribution < -0.4 is 10.1 Å². The topological polar surface area (TPSA) is 58.6 Å². The smallest absolute Gasteiger partial charge is 0.337 e. The van der Waals surface area contributed by atoms with Gasteiger partial charge in [-0.3, -0.25) is 0 Å². The number of hydrogen-bond acceptors (Lipinski definition) is 3. The number of rotatable bonds is 7. The minimum absolute atomic E-state index is 0.169. The minimum Gasteiger partial charge on any atom is -0.493 e. The third kappa shape index (κ3) is 4.22. The van der Waals surface area contributed by atoms with Crippen LogP contribution >= 0.6 is 11.6 Å². The molecule has 128 valence electrons. The molecule has 0 unspecified atom stereocenters. The molecule has 5 heteroatoms. The molecule has 0 aromatic heterocycles. The zero-order chi connectivity index (χ0) is 17.6. The minimum atomic E-state index is -1.00. The Balaban J connectivity index is 1.55. The zero-order valence-electron chi connectivity index (χ0n) is 13.5. The van der Waals surface area contributed by atoms with Crippen molar-refractivity contribution in [3.8, 4) is 5.75 Å². The van der Waals surface area contributed by atoms with Crippen LogP contribution in [0, 0.1) is 0 Å². The van der Waals surface area contributed by atoms with E-state index < -0.39 is 5.97 Å². The molecule has 0 radical (unpaired) electrons. The summed E-state index contributed by atoms with van der Waals surface area (Å²) in [5, 5.41) is 15.0. The van der Waals surface area contributed by atoms with Gasteiger partial charge in [-0.1, -0.05) is 48.0 Å². The second-order valence-corrected chi connectivity index (χ2v) is 6.04. The van der Waals surface area contributed by atoms with E-state index in [1.807, 2.05) is 30.3 Å². The molecule has 0 spiro atoms. The molecule has 25 heavy (non-hydrogen) atoms. The molecule has 0 saturated heterocycles. The molecule has 3 aromatic carbocycles. The number of aromatic carboxylic acids is 1. The lowest BCUT2D eigenvalue weighted by molar-refractivity contribution is 0.0698. The number of carbonyl (C=O) groups is 1. The van der Waals surface area contributed by atoms with Crippen molar-refractivity contribution in [3.05, 3.63) is 71.2 Å². The van der Waals surface area contributed by atoms with Crippen molar-refractivity contribution in [1.29, 1.82) is 0 Å². The largest absolute Gasteiger partial charge is 0.493 e. The highest BCUT2D eigenvalue weighted by molar-refractivity contribution is 6.31. The van der Waals surface area contributed by atoms with Gasteiger partial charge in [0.15, 0.2) is 0 Å². The Bertz CT molecular complexity index is 890. The molecule has 0 aliphatic rings. The second-order valence-electron chi connectivity index (χ2n) is 5.60. The van der Waals surface area contributed by atoms with Gasteiger partial charge >= 0.3 is 5.97 Å². The van der Waals surface area contributed by atoms with Gasteiger partial charge in [-0.25, -0.2) is 4.79 Å². The molecule has 0 amide bonds. The Labute approximate surface area is 151 Å². The molecule has 3 rings (SSSR count). The number of halogens is 1. The maximum atomic E-state index is 11.2. The molecule has 0 fully saturated rings. The first-order valence-corrected chi connectivity index (χ1v) is 8.40. The summed E-state index contributed by atoms with van der Waals surface area (Å²) in [5.41, 5.74) is 0.726. The Morgan fingerprint density at radius 2 is 1.88 bits per heavy atom. The Hall–Kier alpha value is -2.72. The summed E-state index contributed by atoms with van der Waals surface area (Å²) in [5.74, 6) is -0.146. The van der Waals surface area contributed by atoms with Crippen LogP contribution in [0.5, 0.6) is 5.75 Å². The van der Waals surface area contributed by atoms with E-state index in [0.29, 0.717) is 23.9 Å². The van der Waals surface area contributed by atoms with Crippen molar-refractivity contribution >= 4 is 34.0 Å². The van der Waals surface area contributed by atoms with E-state index in [9.17, 15) is 9.90 Å². The third-order valence-electron chi connectivity index (χ3n) is 3.86. The van der Waals surface area contributed by atoms with Crippen molar-refractivity contribution in [2.75, 3.05) is 18.5 Å². The predicted octanol–water partition coefficient (Wildman–Crippen LogP) is 5.07. The van der Waals surface area contributed by atoms with Gasteiger partial charge in [-0.15, -0.1) is 0 Å². The number of hydrogen-bond donors (Lipinski definition) is 2. The van der Waals surface area contributed by atoms with Gasteiger partial charge in [0.1, 0.15) is 5.75 Å². The summed E-state index contributed by atoms with van der Waals surface area (Å²) in [7, 11) is 0. The van der Waals surface area contributed by atoms with Crippen LogP contribution in [0.15, 0.2) is 60.7 Å². The number of benzene rings is 3. The standard InChI is InChI=1S/C20H18ClNO3/c21-15-9-10-18(17(13-15)20(23)24)22-11-4-12-25-19-8-3-6-14-5-1-2-7-16(14)19/h1-3,5-10,13,22H,4,11-12H2,(H,23,24). The van der Waals surface area contributed by atoms with E-state index in [1.54, 1.807) is 12.1 Å². The fourth-order valence-electron chi connectivity index (χ4n) is 2.65. The summed E-state index contributed by atoms with van der Waals surface area (Å²) in [6.45, 7) is 1.14. The summed E-state index contributed by atoms with van der Waals surface area (Å²) in [6.07, 6.45) is 0.741. The van der Waals surface area contributed by atoms with E-state index in [0.717, 1.165) is 22.9 Å². The van der Waals surface area contributed by atoms with E-state index in [2.05, 4.69) is 17.4 Å². The predicted molar refractivity (Wildman–Crippen MR) is 101 cm³/mol. The lowest BCUT2D eigenvalue weighted by Gasteiger charge is -2.12. The van der Waals surface area contributed by atoms with Gasteiger partial charge in [-0.05, 0) is 36.1 Å². The molecule has 0 aliphatic heterocycles. The fourth-order valence-corrected chi connectivity index (χ4v) is 2.82. The highest BCUT2D eigenvalue weighted by Gasteiger charge is 2.10. The molecular formula is C20H18ClNO3. The molecule has 0 bridgehead atoms. The average molecular weight is 356 g/mol. The van der Waals surface area contributed by atoms with Gasteiger partial charge in [0.2, 0.25) is 0 Å². The van der Waals surface area contributed by atoms with Crippen molar-refractivity contribution < 1.29 is 14.6 Å². The van der Waals surface area contributed by atoms with Crippen LogP contribution in [-0.2, 0) is 0 Å². The summed E-state index contributed by atoms with van der Waals surface area (Å²) >= 11 is 5.85. The van der Waals surface area contributed by atoms with E-state index in [4.69, 9.17) is 16.3 Å². The lowest BCUT2D eigenvalue weighted by atomic mass is 10.1. The summed E-state index contributed by atoms with van der Waals surface area (Å²) in [4.78, 5) is 11.2. The SMILES string of the molecule is O=C(O)c1cc(Cl)ccc1NCCCOc1cccc2ccccc12. The molecule has 3 aromatic rings. The van der Waals surface area contributed by atoms with Crippen molar-refractivity contribution in [1.82, 2.24) is 0 Å². The lowest BCUT2D eigenvalue weighted by Crippen LogP contribution is -2.10. The number of nitrogens with one attached hydrogen (secondary N) is 1. The first kappa shape index (κ1) is 17.1. The van der Waals surface area contributed by atoms with E-state index in [-0.39, 0.29) is 5.56 Å². The summed E-state index contributed by atoms with van der Waals surface area (Å²) < 4.78 is 5.88. The van der Waals surface area contributed by atoms with Gasteiger partial charge in [-0.2, -0.15) is 0 Å². The molecule has 4 nitrogen and oxygen atoms in total. The monoisotopic (exact) mass is 355 g/mol. The summed E-state index contributed by atoms with van der Waals surface area (Å²) in [6, 6.07) is 18.9. The van der Waals surface area contributed by atoms with Gasteiger partial charge < -0.3 is 15.2 Å². The van der Waals surface area contributed by atoms with Crippen LogP contribution in [0.25, 0.3) is 10.8 Å². The Morgan fingerprint density at radius 1 is 1.08 bits per heavy atom. The quantitative estimate of drug-likeness (QED) is 0.581. The highest BCUT2D eigenvalue weighted by atomic mass is 35.5. The highest BCUT2D eigenvalue weighted by Crippen LogP contribution is 2.25. The maximum Gasteiger partial charge on any atom is 0.337 e. The molecule has 0 atom stereocenters. The fraction of sp³-hybridized carbons (Fsp3) is 0.150. The van der Waals surface area contributed by atoms with E-state index in [1.165, 1.54) is 6.07 Å². The molecule has 0 heterocycles. The number of fused-ring (bicyclic) bond motifs is 1. The number of ether oxygens (including phenoxy) is 1. The normalized spacial score (nSPS) is 10.6. The van der Waals surface area contributed by atoms with Gasteiger partial charge in [0.25, 0.3) is 0 Å². The molecule has 0 saturated carbocycles. The first-order chi connectivity index (χ1) is 12.1. The maximum absolute atomic E-state index is 11.2. The van der Waals surface area contributed by atoms with E-state index >= 15 is 0 Å². The van der Waals surface area contributed by atoms with Crippen molar-refractivity contribution in [2.45, 2.75) is 6.42 Å². The number of carboxylic acid groups (broad SMARTS) is 1. The number of anilines is 1. The van der Waals surface area contributed by atoms with Crippen molar-refractivity contribution in [2.24, 2.45) is 0 Å². The van der Waals surface area contributed by atoms with Crippen LogP contribution in [0.1, 0.15) is 16.8 Å². The second kappa shape index (κ2) is 7.90. The first-order valence-electron chi connectivity index (χ1n) is 8.02. The zero-order valence-corrected chi connectivity index (χ0v) is 14.3. The molecule has 2 N–H and O–H groups in total. The molecular weight excluding hydrogens is 338 g/mol. The van der Waals surface area contributed by atoms with Crippen LogP contribution in [-0.4, -0.2) is 24.2 Å². The van der Waals surface area contributed by atoms with Gasteiger partial charge in [0, 0.05) is 22.6 Å². The van der Waals surface area contributed by atoms with Gasteiger partial charge in [0.05, 0.1) is 12.2 Å².